The van der Waals surface area contributed by atoms with Gasteiger partial charge in [-0.25, -0.2) is 4.39 Å². The Morgan fingerprint density at radius 3 is 2.50 bits per heavy atom. The highest BCUT2D eigenvalue weighted by molar-refractivity contribution is 7.99. The van der Waals surface area contributed by atoms with Crippen molar-refractivity contribution >= 4 is 23.6 Å². The van der Waals surface area contributed by atoms with Gasteiger partial charge in [-0.2, -0.15) is 0 Å². The van der Waals surface area contributed by atoms with Gasteiger partial charge >= 0.3 is 0 Å². The van der Waals surface area contributed by atoms with E-state index in [-0.39, 0.29) is 30.6 Å². The highest BCUT2D eigenvalue weighted by atomic mass is 32.2. The lowest BCUT2D eigenvalue weighted by atomic mass is 10.1. The van der Waals surface area contributed by atoms with Crippen molar-refractivity contribution in [1.82, 2.24) is 10.2 Å². The Morgan fingerprint density at radius 2 is 1.83 bits per heavy atom. The molecule has 0 aliphatic rings. The maximum absolute atomic E-state index is 14.2. The van der Waals surface area contributed by atoms with Gasteiger partial charge in [-0.3, -0.25) is 9.59 Å². The molecule has 2 amide bonds. The van der Waals surface area contributed by atoms with Crippen molar-refractivity contribution in [1.29, 1.82) is 0 Å². The summed E-state index contributed by atoms with van der Waals surface area (Å²) in [6.07, 6.45) is 2.13. The normalized spacial score (nSPS) is 11.7. The number of nitrogens with zero attached hydrogens (tertiary/aromatic N) is 1. The average molecular weight is 431 g/mol. The summed E-state index contributed by atoms with van der Waals surface area (Å²) in [5.41, 5.74) is 1.60. The molecule has 0 heterocycles. The first-order chi connectivity index (χ1) is 14.4. The Kier molecular flexibility index (Phi) is 9.87. The smallest absolute Gasteiger partial charge is 0.242 e. The van der Waals surface area contributed by atoms with Gasteiger partial charge in [0.05, 0.1) is 0 Å². The number of hydrogen-bond acceptors (Lipinski definition) is 3. The number of thioether (sulfide) groups is 1. The number of unbranched alkanes of at least 4 members (excludes halogenated alkanes) is 1. The Labute approximate surface area is 183 Å². The van der Waals surface area contributed by atoms with Gasteiger partial charge in [-0.1, -0.05) is 49.2 Å². The number of carbonyl (C=O) groups excluding carboxylic acids is 2. The second-order valence-corrected chi connectivity index (χ2v) is 8.51. The third kappa shape index (κ3) is 7.48. The predicted octanol–water partition coefficient (Wildman–Crippen LogP) is 4.95. The average Bonchev–Trinajstić information content (AvgIpc) is 2.74. The fourth-order valence-electron chi connectivity index (χ4n) is 2.96. The van der Waals surface area contributed by atoms with Crippen LogP contribution in [0.5, 0.6) is 0 Å². The number of benzene rings is 2. The molecule has 1 atom stereocenters. The van der Waals surface area contributed by atoms with E-state index in [0.29, 0.717) is 17.9 Å². The van der Waals surface area contributed by atoms with E-state index in [9.17, 15) is 14.0 Å². The minimum atomic E-state index is -0.668. The van der Waals surface area contributed by atoms with Gasteiger partial charge in [0.2, 0.25) is 11.8 Å². The molecule has 30 heavy (non-hydrogen) atoms. The van der Waals surface area contributed by atoms with Crippen LogP contribution in [0.2, 0.25) is 0 Å². The molecule has 1 N–H and O–H groups in total. The molecule has 0 unspecified atom stereocenters. The molecule has 162 valence electrons. The lowest BCUT2D eigenvalue weighted by Gasteiger charge is -2.29. The van der Waals surface area contributed by atoms with E-state index in [1.807, 2.05) is 31.2 Å². The molecule has 0 aliphatic carbocycles. The van der Waals surface area contributed by atoms with Crippen molar-refractivity contribution in [3.63, 3.8) is 0 Å². The molecule has 6 heteroatoms. The van der Waals surface area contributed by atoms with E-state index in [0.717, 1.165) is 17.7 Å². The molecule has 0 aromatic heterocycles. The number of aryl methyl sites for hydroxylation is 1. The number of carbonyl (C=O) groups is 2. The molecule has 0 saturated heterocycles. The summed E-state index contributed by atoms with van der Waals surface area (Å²) in [6.45, 7) is 6.43. The molecule has 2 rings (SSSR count). The fourth-order valence-corrected chi connectivity index (χ4v) is 3.80. The lowest BCUT2D eigenvalue weighted by Crippen LogP contribution is -2.48. The van der Waals surface area contributed by atoms with Crippen molar-refractivity contribution in [2.24, 2.45) is 0 Å². The van der Waals surface area contributed by atoms with Gasteiger partial charge in [0.25, 0.3) is 0 Å². The van der Waals surface area contributed by atoms with Gasteiger partial charge in [0.15, 0.2) is 0 Å². The quantitative estimate of drug-likeness (QED) is 0.405. The molecule has 0 spiro atoms. The zero-order valence-electron chi connectivity index (χ0n) is 18.0. The summed E-state index contributed by atoms with van der Waals surface area (Å²) < 4.78 is 14.2. The van der Waals surface area contributed by atoms with Crippen molar-refractivity contribution < 1.29 is 14.0 Å². The second-order valence-electron chi connectivity index (χ2n) is 7.35. The van der Waals surface area contributed by atoms with Crippen LogP contribution < -0.4 is 5.32 Å². The lowest BCUT2D eigenvalue weighted by molar-refractivity contribution is -0.140. The second kappa shape index (κ2) is 12.4. The number of hydrogen-bond donors (Lipinski definition) is 1. The van der Waals surface area contributed by atoms with E-state index in [1.165, 1.54) is 16.5 Å². The number of nitrogens with one attached hydrogen (secondary N) is 1. The van der Waals surface area contributed by atoms with Crippen LogP contribution in [0.25, 0.3) is 0 Å². The number of halogens is 1. The van der Waals surface area contributed by atoms with Crippen LogP contribution in [0, 0.1) is 12.7 Å². The Balaban J connectivity index is 2.04. The van der Waals surface area contributed by atoms with Crippen molar-refractivity contribution in [3.8, 4) is 0 Å². The van der Waals surface area contributed by atoms with Gasteiger partial charge < -0.3 is 10.2 Å². The highest BCUT2D eigenvalue weighted by Gasteiger charge is 2.26. The van der Waals surface area contributed by atoms with E-state index in [1.54, 1.807) is 36.9 Å². The number of rotatable bonds is 11. The minimum absolute atomic E-state index is 0.0725. The molecule has 0 bridgehead atoms. The van der Waals surface area contributed by atoms with Crippen LogP contribution in [0.3, 0.4) is 0 Å². The zero-order chi connectivity index (χ0) is 21.9. The van der Waals surface area contributed by atoms with Crippen LogP contribution in [0.1, 0.15) is 44.2 Å². The summed E-state index contributed by atoms with van der Waals surface area (Å²) >= 11 is 1.60. The molecule has 0 fully saturated rings. The zero-order valence-corrected chi connectivity index (χ0v) is 18.8. The topological polar surface area (TPSA) is 49.4 Å². The first-order valence-corrected chi connectivity index (χ1v) is 11.4. The largest absolute Gasteiger partial charge is 0.354 e. The Morgan fingerprint density at radius 1 is 1.13 bits per heavy atom. The van der Waals surface area contributed by atoms with Gasteiger partial charge in [-0.15, -0.1) is 11.8 Å². The standard InChI is InChI=1S/C24H31FN2O2S/c1-4-5-15-26-24(29)19(3)27(17-20-8-6-7-9-22(20)25)23(28)14-16-30-21-12-10-18(2)11-13-21/h6-13,19H,4-5,14-17H2,1-3H3,(H,26,29)/t19-/m1/s1. The molecule has 0 saturated carbocycles. The summed E-state index contributed by atoms with van der Waals surface area (Å²) in [4.78, 5) is 28.1. The fraction of sp³-hybridized carbons (Fsp3) is 0.417. The highest BCUT2D eigenvalue weighted by Crippen LogP contribution is 2.21. The molecule has 2 aromatic carbocycles. The van der Waals surface area contributed by atoms with E-state index >= 15 is 0 Å². The van der Waals surface area contributed by atoms with Gasteiger partial charge in [0, 0.05) is 35.7 Å². The first-order valence-electron chi connectivity index (χ1n) is 10.4. The van der Waals surface area contributed by atoms with E-state index < -0.39 is 6.04 Å². The van der Waals surface area contributed by atoms with Gasteiger partial charge in [-0.05, 0) is 38.5 Å². The van der Waals surface area contributed by atoms with Crippen LogP contribution in [-0.2, 0) is 16.1 Å². The van der Waals surface area contributed by atoms with Crippen molar-refractivity contribution in [2.75, 3.05) is 12.3 Å². The molecule has 0 aliphatic heterocycles. The van der Waals surface area contributed by atoms with Crippen LogP contribution >= 0.6 is 11.8 Å². The van der Waals surface area contributed by atoms with Crippen molar-refractivity contribution in [3.05, 3.63) is 65.5 Å². The first kappa shape index (κ1) is 23.9. The SMILES string of the molecule is CCCCNC(=O)[C@@H](C)N(Cc1ccccc1F)C(=O)CCSc1ccc(C)cc1. The molecular weight excluding hydrogens is 399 g/mol. The number of amides is 2. The van der Waals surface area contributed by atoms with Crippen LogP contribution in [0.4, 0.5) is 4.39 Å². The van der Waals surface area contributed by atoms with Gasteiger partial charge in [0.1, 0.15) is 11.9 Å². The third-order valence-electron chi connectivity index (χ3n) is 4.90. The predicted molar refractivity (Wildman–Crippen MR) is 121 cm³/mol. The summed E-state index contributed by atoms with van der Waals surface area (Å²) in [6, 6.07) is 13.9. The minimum Gasteiger partial charge on any atom is -0.354 e. The van der Waals surface area contributed by atoms with Crippen LogP contribution in [0.15, 0.2) is 53.4 Å². The summed E-state index contributed by atoms with van der Waals surface area (Å²) in [7, 11) is 0. The Hall–Kier alpha value is -2.34. The molecular formula is C24H31FN2O2S. The Bertz CT molecular complexity index is 826. The maximum atomic E-state index is 14.2. The third-order valence-corrected chi connectivity index (χ3v) is 5.91. The molecule has 4 nitrogen and oxygen atoms in total. The molecule has 2 aromatic rings. The summed E-state index contributed by atoms with van der Waals surface area (Å²) in [5.74, 6) is -0.141. The van der Waals surface area contributed by atoms with E-state index in [2.05, 4.69) is 12.2 Å². The monoisotopic (exact) mass is 430 g/mol. The van der Waals surface area contributed by atoms with Crippen LogP contribution in [-0.4, -0.2) is 35.1 Å². The van der Waals surface area contributed by atoms with Crippen molar-refractivity contribution in [2.45, 2.75) is 57.5 Å². The summed E-state index contributed by atoms with van der Waals surface area (Å²) in [5, 5.41) is 2.87. The molecule has 0 radical (unpaired) electrons. The van der Waals surface area contributed by atoms with E-state index in [4.69, 9.17) is 0 Å². The maximum Gasteiger partial charge on any atom is 0.242 e.